The standard InChI is InChI=1S/C41H33ClN2O9/c1-52-26-18-31(45)34(32(19-26)53-2)35-27-14-15-28-33(38(48)43(36(28)46)24-12-6-8-21(16-24)39(49)50)29(27)20-30-37(47)44(25-13-7-11-23(42)17-25)40(51)41(30,35)22-9-4-3-5-10-22/h3-14,16-19,28-30,33,35,45H,15,20H2,1-2H3,(H,49,50)/t28-,29+,30-,33-,35+,41+/m0/s1. The number of phenols is 1. The van der Waals surface area contributed by atoms with E-state index < -0.39 is 64.6 Å². The zero-order valence-electron chi connectivity index (χ0n) is 28.6. The molecule has 12 heteroatoms. The van der Waals surface area contributed by atoms with Crippen LogP contribution in [0.4, 0.5) is 11.4 Å². The third-order valence-corrected chi connectivity index (χ3v) is 11.6. The van der Waals surface area contributed by atoms with E-state index in [-0.39, 0.29) is 46.8 Å². The highest BCUT2D eigenvalue weighted by molar-refractivity contribution is 6.32. The van der Waals surface area contributed by atoms with Crippen LogP contribution in [-0.4, -0.2) is 54.0 Å². The molecule has 2 aliphatic carbocycles. The van der Waals surface area contributed by atoms with Crippen LogP contribution in [0.5, 0.6) is 17.2 Å². The lowest BCUT2D eigenvalue weighted by Gasteiger charge is -2.51. The van der Waals surface area contributed by atoms with Gasteiger partial charge in [-0.3, -0.25) is 24.1 Å². The quantitative estimate of drug-likeness (QED) is 0.169. The molecular weight excluding hydrogens is 700 g/mol. The maximum atomic E-state index is 15.5. The van der Waals surface area contributed by atoms with Crippen molar-refractivity contribution < 1.29 is 43.7 Å². The summed E-state index contributed by atoms with van der Waals surface area (Å²) in [6, 6.07) is 24.1. The third-order valence-electron chi connectivity index (χ3n) is 11.4. The molecule has 2 N–H and O–H groups in total. The largest absolute Gasteiger partial charge is 0.507 e. The highest BCUT2D eigenvalue weighted by Gasteiger charge is 2.71. The molecule has 8 rings (SSSR count). The zero-order valence-corrected chi connectivity index (χ0v) is 29.3. The number of hydrogen-bond acceptors (Lipinski definition) is 8. The summed E-state index contributed by atoms with van der Waals surface area (Å²) in [5.74, 6) is -7.61. The summed E-state index contributed by atoms with van der Waals surface area (Å²) in [5.41, 5.74) is 0.0489. The minimum Gasteiger partial charge on any atom is -0.507 e. The minimum absolute atomic E-state index is 0.0291. The molecule has 4 aromatic rings. The molecular formula is C41H33ClN2O9. The first-order chi connectivity index (χ1) is 25.5. The van der Waals surface area contributed by atoms with E-state index in [0.29, 0.717) is 21.9 Å². The first-order valence-electron chi connectivity index (χ1n) is 17.1. The SMILES string of the molecule is COc1cc(O)c([C@H]2C3=CC[C@@H]4C(=O)N(c5cccc(C(=O)O)c5)C(=O)[C@@H]4[C@@H]3C[C@H]3C(=O)N(c4cccc(Cl)c4)C(=O)[C@@]23c2ccccc2)c(OC)c1. The topological polar surface area (TPSA) is 151 Å². The molecule has 0 aromatic heterocycles. The molecule has 0 unspecified atom stereocenters. The molecule has 268 valence electrons. The van der Waals surface area contributed by atoms with E-state index in [1.165, 1.54) is 44.6 Å². The molecule has 1 saturated carbocycles. The number of halogens is 1. The van der Waals surface area contributed by atoms with Gasteiger partial charge in [0.05, 0.1) is 54.3 Å². The number of carbonyl (C=O) groups is 5. The summed E-state index contributed by atoms with van der Waals surface area (Å²) in [5, 5.41) is 21.8. The fourth-order valence-corrected chi connectivity index (χ4v) is 9.44. The molecule has 4 aliphatic rings. The van der Waals surface area contributed by atoms with E-state index >= 15 is 4.79 Å². The third kappa shape index (κ3) is 4.90. The molecule has 2 saturated heterocycles. The molecule has 0 bridgehead atoms. The number of phenolic OH excluding ortho intramolecular Hbond substituents is 1. The average Bonchev–Trinajstić information content (AvgIpc) is 3.55. The first-order valence-corrected chi connectivity index (χ1v) is 17.5. The highest BCUT2D eigenvalue weighted by Crippen LogP contribution is 2.66. The number of hydrogen-bond donors (Lipinski definition) is 2. The van der Waals surface area contributed by atoms with Gasteiger partial charge in [-0.2, -0.15) is 0 Å². The molecule has 53 heavy (non-hydrogen) atoms. The summed E-state index contributed by atoms with van der Waals surface area (Å²) < 4.78 is 11.3. The lowest BCUT2D eigenvalue weighted by molar-refractivity contribution is -0.127. The van der Waals surface area contributed by atoms with Crippen molar-refractivity contribution in [1.82, 2.24) is 0 Å². The Morgan fingerprint density at radius 2 is 1.53 bits per heavy atom. The number of carboxylic acid groups (broad SMARTS) is 1. The van der Waals surface area contributed by atoms with E-state index in [4.69, 9.17) is 21.1 Å². The summed E-state index contributed by atoms with van der Waals surface area (Å²) in [7, 11) is 2.87. The van der Waals surface area contributed by atoms with Crippen LogP contribution in [0.15, 0.2) is 103 Å². The van der Waals surface area contributed by atoms with E-state index in [1.807, 2.05) is 6.08 Å². The second-order valence-corrected chi connectivity index (χ2v) is 14.2. The summed E-state index contributed by atoms with van der Waals surface area (Å²) >= 11 is 6.39. The van der Waals surface area contributed by atoms with Gasteiger partial charge in [0, 0.05) is 28.6 Å². The number of allylic oxidation sites excluding steroid dienone is 2. The summed E-state index contributed by atoms with van der Waals surface area (Å²) in [4.78, 5) is 73.1. The smallest absolute Gasteiger partial charge is 0.335 e. The molecule has 0 radical (unpaired) electrons. The number of carboxylic acids is 1. The fraction of sp³-hybridized carbons (Fsp3) is 0.244. The number of aromatic carboxylic acids is 1. The maximum Gasteiger partial charge on any atom is 0.335 e. The second kappa shape index (κ2) is 12.6. The predicted octanol–water partition coefficient (Wildman–Crippen LogP) is 6.13. The van der Waals surface area contributed by atoms with Crippen molar-refractivity contribution in [1.29, 1.82) is 0 Å². The van der Waals surface area contributed by atoms with Crippen LogP contribution in [0.1, 0.15) is 40.2 Å². The number of imide groups is 2. The van der Waals surface area contributed by atoms with Crippen LogP contribution in [0.2, 0.25) is 5.02 Å². The normalized spacial score (nSPS) is 26.2. The Morgan fingerprint density at radius 1 is 0.811 bits per heavy atom. The minimum atomic E-state index is -1.64. The second-order valence-electron chi connectivity index (χ2n) is 13.7. The van der Waals surface area contributed by atoms with Crippen LogP contribution in [-0.2, 0) is 24.6 Å². The van der Waals surface area contributed by atoms with Crippen LogP contribution in [0.3, 0.4) is 0 Å². The van der Waals surface area contributed by atoms with E-state index in [2.05, 4.69) is 0 Å². The number of methoxy groups -OCH3 is 2. The molecule has 2 aliphatic heterocycles. The summed E-state index contributed by atoms with van der Waals surface area (Å²) in [6.45, 7) is 0. The molecule has 2 heterocycles. The van der Waals surface area contributed by atoms with Crippen molar-refractivity contribution >= 4 is 52.6 Å². The summed E-state index contributed by atoms with van der Waals surface area (Å²) in [6.07, 6.45) is 2.02. The molecule has 3 fully saturated rings. The Hall–Kier alpha value is -5.94. The Kier molecular flexibility index (Phi) is 8.14. The Morgan fingerprint density at radius 3 is 2.21 bits per heavy atom. The number of benzene rings is 4. The van der Waals surface area contributed by atoms with Crippen molar-refractivity contribution in [3.8, 4) is 17.2 Å². The lowest BCUT2D eigenvalue weighted by atomic mass is 9.49. The maximum absolute atomic E-state index is 15.5. The number of amides is 4. The van der Waals surface area contributed by atoms with Crippen molar-refractivity contribution in [2.24, 2.45) is 23.7 Å². The predicted molar refractivity (Wildman–Crippen MR) is 193 cm³/mol. The van der Waals surface area contributed by atoms with Crippen LogP contribution >= 0.6 is 11.6 Å². The number of ether oxygens (including phenoxy) is 2. The number of anilines is 2. The number of nitrogens with zero attached hydrogens (tertiary/aromatic N) is 2. The number of carbonyl (C=O) groups excluding carboxylic acids is 4. The van der Waals surface area contributed by atoms with Crippen molar-refractivity contribution in [2.45, 2.75) is 24.2 Å². The van der Waals surface area contributed by atoms with Gasteiger partial charge in [-0.25, -0.2) is 9.69 Å². The van der Waals surface area contributed by atoms with E-state index in [9.17, 15) is 29.4 Å². The highest BCUT2D eigenvalue weighted by atomic mass is 35.5. The van der Waals surface area contributed by atoms with Crippen LogP contribution < -0.4 is 19.3 Å². The Balaban J connectivity index is 1.38. The first kappa shape index (κ1) is 34.2. The van der Waals surface area contributed by atoms with Gasteiger partial charge < -0.3 is 19.7 Å². The molecule has 6 atom stereocenters. The average molecular weight is 733 g/mol. The monoisotopic (exact) mass is 732 g/mol. The molecule has 4 amide bonds. The van der Waals surface area contributed by atoms with Gasteiger partial charge in [0.25, 0.3) is 0 Å². The Labute approximate surface area is 309 Å². The zero-order chi connectivity index (χ0) is 37.3. The number of rotatable bonds is 7. The van der Waals surface area contributed by atoms with Gasteiger partial charge in [0.2, 0.25) is 23.6 Å². The Bertz CT molecular complexity index is 2270. The van der Waals surface area contributed by atoms with Crippen molar-refractivity contribution in [2.75, 3.05) is 24.0 Å². The van der Waals surface area contributed by atoms with E-state index in [0.717, 1.165) is 9.80 Å². The van der Waals surface area contributed by atoms with Gasteiger partial charge in [-0.15, -0.1) is 0 Å². The molecule has 11 nitrogen and oxygen atoms in total. The van der Waals surface area contributed by atoms with E-state index in [1.54, 1.807) is 60.7 Å². The van der Waals surface area contributed by atoms with Gasteiger partial charge in [0.1, 0.15) is 17.2 Å². The van der Waals surface area contributed by atoms with Crippen LogP contribution in [0.25, 0.3) is 0 Å². The van der Waals surface area contributed by atoms with Gasteiger partial charge >= 0.3 is 5.97 Å². The van der Waals surface area contributed by atoms with Gasteiger partial charge in [-0.05, 0) is 60.7 Å². The van der Waals surface area contributed by atoms with Gasteiger partial charge in [0.15, 0.2) is 0 Å². The molecule has 0 spiro atoms. The molecule has 4 aromatic carbocycles. The van der Waals surface area contributed by atoms with Gasteiger partial charge in [-0.1, -0.05) is 65.7 Å². The van der Waals surface area contributed by atoms with Crippen LogP contribution in [0, 0.1) is 23.7 Å². The number of aromatic hydroxyl groups is 1. The van der Waals surface area contributed by atoms with Crippen molar-refractivity contribution in [3.05, 3.63) is 124 Å². The van der Waals surface area contributed by atoms with Crippen molar-refractivity contribution in [3.63, 3.8) is 0 Å². The number of fused-ring (bicyclic) bond motifs is 4. The fourth-order valence-electron chi connectivity index (χ4n) is 9.25. The lowest BCUT2D eigenvalue weighted by Crippen LogP contribution is -2.53.